The molecule has 0 saturated carbocycles. The Labute approximate surface area is 399 Å². The third kappa shape index (κ3) is 59.3. The standard InChI is InChI=1S/C52H103O12P/c1-3-5-7-9-11-13-15-17-19-21-23-25-27-29-31-33-35-55-37-39-57-41-43-59-45-47-61-49-51-63-65(53,54)64-52-50-62-48-46-60-44-42-58-40-38-56-36-34-32-30-28-26-24-22-20-18-16-14-12-10-8-6-4-2/h17-20H,3-16,21-52H2,1-2H3,(H,53,54)/p-1/b19-17+,20-18+. The lowest BCUT2D eigenvalue weighted by Crippen LogP contribution is -2.16. The fraction of sp³-hybridized carbons (Fsp3) is 0.923. The summed E-state index contributed by atoms with van der Waals surface area (Å²) in [5, 5.41) is 0. The Morgan fingerprint density at radius 3 is 0.738 bits per heavy atom. The zero-order valence-electron chi connectivity index (χ0n) is 42.2. The Kier molecular flexibility index (Phi) is 56.9. The van der Waals surface area contributed by atoms with Crippen LogP contribution in [-0.2, 0) is 51.5 Å². The molecule has 0 saturated heterocycles. The second-order valence-corrected chi connectivity index (χ2v) is 18.3. The molecule has 0 aliphatic carbocycles. The van der Waals surface area contributed by atoms with Crippen molar-refractivity contribution in [1.29, 1.82) is 0 Å². The van der Waals surface area contributed by atoms with Crippen molar-refractivity contribution in [3.05, 3.63) is 24.3 Å². The van der Waals surface area contributed by atoms with E-state index in [-0.39, 0.29) is 26.4 Å². The minimum absolute atomic E-state index is 0.104. The fourth-order valence-corrected chi connectivity index (χ4v) is 7.55. The van der Waals surface area contributed by atoms with Gasteiger partial charge in [-0.05, 0) is 64.2 Å². The van der Waals surface area contributed by atoms with Gasteiger partial charge in [0.15, 0.2) is 0 Å². The summed E-state index contributed by atoms with van der Waals surface area (Å²) in [6.45, 7) is 11.6. The van der Waals surface area contributed by atoms with Gasteiger partial charge >= 0.3 is 0 Å². The van der Waals surface area contributed by atoms with E-state index in [9.17, 15) is 9.46 Å². The van der Waals surface area contributed by atoms with Gasteiger partial charge in [0.2, 0.25) is 0 Å². The molecule has 0 aromatic carbocycles. The monoisotopic (exact) mass is 950 g/mol. The highest BCUT2D eigenvalue weighted by molar-refractivity contribution is 7.45. The van der Waals surface area contributed by atoms with Gasteiger partial charge in [-0.1, -0.05) is 154 Å². The average molecular weight is 950 g/mol. The smallest absolute Gasteiger partial charge is 0.268 e. The average Bonchev–Trinajstić information content (AvgIpc) is 3.30. The van der Waals surface area contributed by atoms with E-state index in [1.807, 2.05) is 0 Å². The summed E-state index contributed by atoms with van der Waals surface area (Å²) in [6, 6.07) is 0. The van der Waals surface area contributed by atoms with E-state index in [2.05, 4.69) is 38.2 Å². The van der Waals surface area contributed by atoms with Crippen LogP contribution < -0.4 is 4.89 Å². The van der Waals surface area contributed by atoms with Gasteiger partial charge in [-0.15, -0.1) is 0 Å². The zero-order valence-corrected chi connectivity index (χ0v) is 43.1. The number of unbranched alkanes of at least 4 members (excludes halogenated alkanes) is 24. The molecule has 0 unspecified atom stereocenters. The molecule has 0 atom stereocenters. The van der Waals surface area contributed by atoms with Crippen LogP contribution in [0.5, 0.6) is 0 Å². The lowest BCUT2D eigenvalue weighted by Gasteiger charge is -2.22. The van der Waals surface area contributed by atoms with E-state index in [0.29, 0.717) is 79.3 Å². The van der Waals surface area contributed by atoms with Crippen molar-refractivity contribution < 1.29 is 56.4 Å². The van der Waals surface area contributed by atoms with Gasteiger partial charge < -0.3 is 51.8 Å². The van der Waals surface area contributed by atoms with Gasteiger partial charge in [0.1, 0.15) is 0 Å². The van der Waals surface area contributed by atoms with Crippen LogP contribution in [0.3, 0.4) is 0 Å². The quantitative estimate of drug-likeness (QED) is 0.0326. The van der Waals surface area contributed by atoms with Crippen molar-refractivity contribution in [3.8, 4) is 0 Å². The number of rotatable bonds is 58. The SMILES string of the molecule is CCCCCCCC/C=C/CCCCCCCCOCCOCCOCCOCCOP(=O)([O-])OCCOCCOCCOCCOCCCCCCCC/C=C/CCCCCCCC. The van der Waals surface area contributed by atoms with Crippen molar-refractivity contribution in [2.24, 2.45) is 0 Å². The van der Waals surface area contributed by atoms with Crippen molar-refractivity contribution in [2.45, 2.75) is 194 Å². The predicted octanol–water partition coefficient (Wildman–Crippen LogP) is 12.7. The Morgan fingerprint density at radius 1 is 0.277 bits per heavy atom. The number of hydrogen-bond acceptors (Lipinski definition) is 12. The molecule has 0 rings (SSSR count). The molecule has 0 aliphatic heterocycles. The molecule has 388 valence electrons. The highest BCUT2D eigenvalue weighted by Gasteiger charge is 2.09. The third-order valence-electron chi connectivity index (χ3n) is 10.8. The molecular weight excluding hydrogens is 848 g/mol. The summed E-state index contributed by atoms with van der Waals surface area (Å²) in [4.78, 5) is 11.9. The molecular formula is C52H102O12P-. The maximum atomic E-state index is 11.9. The molecule has 0 aromatic rings. The van der Waals surface area contributed by atoms with Crippen LogP contribution >= 0.6 is 7.82 Å². The maximum Gasteiger partial charge on any atom is 0.268 e. The molecule has 0 spiro atoms. The normalized spacial score (nSPS) is 12.2. The number of ether oxygens (including phenoxy) is 8. The molecule has 65 heavy (non-hydrogen) atoms. The topological polar surface area (TPSA) is 132 Å². The van der Waals surface area contributed by atoms with E-state index < -0.39 is 7.82 Å². The summed E-state index contributed by atoms with van der Waals surface area (Å²) < 4.78 is 65.7. The second-order valence-electron chi connectivity index (χ2n) is 16.9. The van der Waals surface area contributed by atoms with Crippen LogP contribution in [-0.4, -0.2) is 119 Å². The second kappa shape index (κ2) is 57.6. The number of hydrogen-bond donors (Lipinski definition) is 0. The van der Waals surface area contributed by atoms with Crippen LogP contribution in [0.25, 0.3) is 0 Å². The highest BCUT2D eigenvalue weighted by atomic mass is 31.2. The molecule has 0 radical (unpaired) electrons. The van der Waals surface area contributed by atoms with Gasteiger partial charge in [-0.25, -0.2) is 0 Å². The number of phosphoric ester groups is 1. The number of allylic oxidation sites excluding steroid dienone is 4. The summed E-state index contributed by atoms with van der Waals surface area (Å²) in [6.07, 6.45) is 46.0. The van der Waals surface area contributed by atoms with Gasteiger partial charge in [0.05, 0.1) is 106 Å². The Bertz CT molecular complexity index is 916. The first-order valence-corrected chi connectivity index (χ1v) is 28.1. The van der Waals surface area contributed by atoms with Gasteiger partial charge in [0.25, 0.3) is 7.82 Å². The molecule has 0 fully saturated rings. The highest BCUT2D eigenvalue weighted by Crippen LogP contribution is 2.37. The van der Waals surface area contributed by atoms with Crippen LogP contribution in [0.15, 0.2) is 24.3 Å². The van der Waals surface area contributed by atoms with E-state index in [0.717, 1.165) is 26.1 Å². The van der Waals surface area contributed by atoms with Gasteiger partial charge in [0, 0.05) is 13.2 Å². The first-order chi connectivity index (χ1) is 32.1. The van der Waals surface area contributed by atoms with Gasteiger partial charge in [-0.2, -0.15) is 0 Å². The molecule has 13 heteroatoms. The Balaban J connectivity index is 3.25. The Morgan fingerprint density at radius 2 is 0.477 bits per heavy atom. The summed E-state index contributed by atoms with van der Waals surface area (Å²) in [5.74, 6) is 0. The molecule has 0 amide bonds. The molecule has 0 aromatic heterocycles. The van der Waals surface area contributed by atoms with E-state index in [1.54, 1.807) is 0 Å². The van der Waals surface area contributed by atoms with Crippen molar-refractivity contribution >= 4 is 7.82 Å². The lowest BCUT2D eigenvalue weighted by molar-refractivity contribution is -0.227. The lowest BCUT2D eigenvalue weighted by atomic mass is 10.1. The molecule has 0 aliphatic rings. The van der Waals surface area contributed by atoms with E-state index >= 15 is 0 Å². The fourth-order valence-electron chi connectivity index (χ4n) is 6.88. The number of phosphoric acid groups is 1. The van der Waals surface area contributed by atoms with Crippen molar-refractivity contribution in [3.63, 3.8) is 0 Å². The largest absolute Gasteiger partial charge is 0.756 e. The Hall–Kier alpha value is -0.730. The minimum atomic E-state index is -4.43. The van der Waals surface area contributed by atoms with Gasteiger partial charge in [-0.3, -0.25) is 4.57 Å². The first kappa shape index (κ1) is 64.3. The van der Waals surface area contributed by atoms with Crippen LogP contribution in [0, 0.1) is 0 Å². The van der Waals surface area contributed by atoms with E-state index in [1.165, 1.54) is 167 Å². The molecule has 12 nitrogen and oxygen atoms in total. The zero-order chi connectivity index (χ0) is 46.9. The molecule has 0 bridgehead atoms. The summed E-state index contributed by atoms with van der Waals surface area (Å²) >= 11 is 0. The van der Waals surface area contributed by atoms with Crippen LogP contribution in [0.1, 0.15) is 194 Å². The maximum absolute atomic E-state index is 11.9. The summed E-state index contributed by atoms with van der Waals surface area (Å²) in [5.41, 5.74) is 0. The predicted molar refractivity (Wildman–Crippen MR) is 265 cm³/mol. The van der Waals surface area contributed by atoms with Crippen LogP contribution in [0.2, 0.25) is 0 Å². The van der Waals surface area contributed by atoms with Crippen LogP contribution in [0.4, 0.5) is 0 Å². The van der Waals surface area contributed by atoms with Crippen molar-refractivity contribution in [2.75, 3.05) is 119 Å². The third-order valence-corrected chi connectivity index (χ3v) is 11.8. The molecule has 0 heterocycles. The van der Waals surface area contributed by atoms with E-state index in [4.69, 9.17) is 46.9 Å². The first-order valence-electron chi connectivity index (χ1n) is 26.6. The minimum Gasteiger partial charge on any atom is -0.756 e. The molecule has 0 N–H and O–H groups in total. The summed E-state index contributed by atoms with van der Waals surface area (Å²) in [7, 11) is -4.43. The van der Waals surface area contributed by atoms with Crippen molar-refractivity contribution in [1.82, 2.24) is 0 Å².